The summed E-state index contributed by atoms with van der Waals surface area (Å²) >= 11 is 0. The summed E-state index contributed by atoms with van der Waals surface area (Å²) in [6.45, 7) is 6.53. The van der Waals surface area contributed by atoms with Gasteiger partial charge in [0.2, 0.25) is 0 Å². The van der Waals surface area contributed by atoms with Crippen molar-refractivity contribution in [2.75, 3.05) is 0 Å². The van der Waals surface area contributed by atoms with Crippen molar-refractivity contribution >= 4 is 0 Å². The first-order valence-corrected chi connectivity index (χ1v) is 5.49. The van der Waals surface area contributed by atoms with E-state index >= 15 is 0 Å². The molecule has 12 heavy (non-hydrogen) atoms. The lowest BCUT2D eigenvalue weighted by Gasteiger charge is -2.31. The van der Waals surface area contributed by atoms with Gasteiger partial charge in [0, 0.05) is 0 Å². The van der Waals surface area contributed by atoms with Crippen LogP contribution in [0.3, 0.4) is 0 Å². The minimum Gasteiger partial charge on any atom is -0.0996 e. The third-order valence-electron chi connectivity index (χ3n) is 4.03. The van der Waals surface area contributed by atoms with E-state index in [0.29, 0.717) is 0 Å². The summed E-state index contributed by atoms with van der Waals surface area (Å²) in [5, 5.41) is 0. The van der Waals surface area contributed by atoms with Gasteiger partial charge in [0.15, 0.2) is 0 Å². The average molecular weight is 164 g/mol. The lowest BCUT2D eigenvalue weighted by atomic mass is 9.74. The van der Waals surface area contributed by atoms with E-state index in [1.807, 2.05) is 0 Å². The Labute approximate surface area is 76.1 Å². The van der Waals surface area contributed by atoms with Crippen molar-refractivity contribution < 1.29 is 0 Å². The first kappa shape index (κ1) is 8.34. The third kappa shape index (κ3) is 1.32. The third-order valence-corrected chi connectivity index (χ3v) is 4.03. The van der Waals surface area contributed by atoms with Crippen molar-refractivity contribution in [1.29, 1.82) is 0 Å². The largest absolute Gasteiger partial charge is 0.0996 e. The molecule has 2 aliphatic carbocycles. The molecule has 68 valence electrons. The van der Waals surface area contributed by atoms with Crippen molar-refractivity contribution in [2.24, 2.45) is 17.8 Å². The van der Waals surface area contributed by atoms with Gasteiger partial charge in [0.25, 0.3) is 0 Å². The Balaban J connectivity index is 1.99. The topological polar surface area (TPSA) is 0 Å². The van der Waals surface area contributed by atoms with Gasteiger partial charge in [-0.1, -0.05) is 25.5 Å². The lowest BCUT2D eigenvalue weighted by Crippen LogP contribution is -2.20. The van der Waals surface area contributed by atoms with Crippen LogP contribution in [-0.4, -0.2) is 0 Å². The van der Waals surface area contributed by atoms with Crippen molar-refractivity contribution in [1.82, 2.24) is 0 Å². The molecule has 0 nitrogen and oxygen atoms in total. The Morgan fingerprint density at radius 2 is 2.17 bits per heavy atom. The molecular formula is C12H20. The Hall–Kier alpha value is -0.260. The summed E-state index contributed by atoms with van der Waals surface area (Å²) in [5.74, 6) is 2.99. The molecule has 3 atom stereocenters. The van der Waals surface area contributed by atoms with Gasteiger partial charge in [0.1, 0.15) is 0 Å². The highest BCUT2D eigenvalue weighted by Crippen LogP contribution is 2.47. The first-order valence-electron chi connectivity index (χ1n) is 5.49. The van der Waals surface area contributed by atoms with E-state index in [2.05, 4.69) is 13.5 Å². The molecule has 0 heterocycles. The van der Waals surface area contributed by atoms with Crippen LogP contribution in [0.5, 0.6) is 0 Å². The Morgan fingerprint density at radius 1 is 1.33 bits per heavy atom. The number of rotatable bonds is 1. The van der Waals surface area contributed by atoms with E-state index in [1.54, 1.807) is 5.57 Å². The molecule has 0 heteroatoms. The van der Waals surface area contributed by atoms with Crippen molar-refractivity contribution in [2.45, 2.75) is 45.4 Å². The summed E-state index contributed by atoms with van der Waals surface area (Å²) in [6.07, 6.45) is 8.58. The minimum atomic E-state index is 0.924. The maximum atomic E-state index is 4.19. The van der Waals surface area contributed by atoms with Gasteiger partial charge in [-0.05, 0) is 49.9 Å². The molecule has 2 saturated carbocycles. The van der Waals surface area contributed by atoms with E-state index < -0.39 is 0 Å². The summed E-state index contributed by atoms with van der Waals surface area (Å²) < 4.78 is 0. The maximum Gasteiger partial charge on any atom is -0.0177 e. The standard InChI is InChI=1S/C12H20/c1-3-10-5-7-12-9(2)4-6-11(12)8-10/h10-12H,2-8H2,1H3. The van der Waals surface area contributed by atoms with Crippen LogP contribution in [-0.2, 0) is 0 Å². The second-order valence-corrected chi connectivity index (χ2v) is 4.65. The molecule has 0 aliphatic heterocycles. The van der Waals surface area contributed by atoms with E-state index in [1.165, 1.54) is 38.5 Å². The predicted molar refractivity (Wildman–Crippen MR) is 53.0 cm³/mol. The molecular weight excluding hydrogens is 144 g/mol. The van der Waals surface area contributed by atoms with Gasteiger partial charge in [-0.25, -0.2) is 0 Å². The zero-order chi connectivity index (χ0) is 8.55. The van der Waals surface area contributed by atoms with Gasteiger partial charge in [-0.15, -0.1) is 0 Å². The Bertz CT molecular complexity index is 180. The summed E-state index contributed by atoms with van der Waals surface area (Å²) in [4.78, 5) is 0. The van der Waals surface area contributed by atoms with Gasteiger partial charge in [-0.3, -0.25) is 0 Å². The van der Waals surface area contributed by atoms with Crippen LogP contribution in [0.1, 0.15) is 45.4 Å². The zero-order valence-corrected chi connectivity index (χ0v) is 8.18. The number of fused-ring (bicyclic) bond motifs is 1. The van der Waals surface area contributed by atoms with Crippen LogP contribution in [0, 0.1) is 17.8 Å². The molecule has 0 saturated heterocycles. The smallest absolute Gasteiger partial charge is 0.0177 e. The number of hydrogen-bond acceptors (Lipinski definition) is 0. The van der Waals surface area contributed by atoms with Gasteiger partial charge >= 0.3 is 0 Å². The number of allylic oxidation sites excluding steroid dienone is 1. The van der Waals surface area contributed by atoms with Crippen LogP contribution >= 0.6 is 0 Å². The van der Waals surface area contributed by atoms with E-state index in [4.69, 9.17) is 0 Å². The van der Waals surface area contributed by atoms with Crippen molar-refractivity contribution in [3.63, 3.8) is 0 Å². The number of hydrogen-bond donors (Lipinski definition) is 0. The normalized spacial score (nSPS) is 41.4. The van der Waals surface area contributed by atoms with Gasteiger partial charge in [0.05, 0.1) is 0 Å². The molecule has 0 aromatic carbocycles. The summed E-state index contributed by atoms with van der Waals surface area (Å²) in [7, 11) is 0. The highest BCUT2D eigenvalue weighted by Gasteiger charge is 2.35. The second kappa shape index (κ2) is 3.24. The first-order chi connectivity index (χ1) is 5.81. The van der Waals surface area contributed by atoms with Crippen LogP contribution in [0.4, 0.5) is 0 Å². The molecule has 2 aliphatic rings. The van der Waals surface area contributed by atoms with E-state index in [9.17, 15) is 0 Å². The highest BCUT2D eigenvalue weighted by atomic mass is 14.4. The average Bonchev–Trinajstić information content (AvgIpc) is 2.47. The van der Waals surface area contributed by atoms with Crippen LogP contribution in [0.2, 0.25) is 0 Å². The van der Waals surface area contributed by atoms with Crippen LogP contribution in [0.15, 0.2) is 12.2 Å². The Morgan fingerprint density at radius 3 is 2.92 bits per heavy atom. The highest BCUT2D eigenvalue weighted by molar-refractivity contribution is 5.10. The van der Waals surface area contributed by atoms with Gasteiger partial charge < -0.3 is 0 Å². The second-order valence-electron chi connectivity index (χ2n) is 4.65. The molecule has 0 radical (unpaired) electrons. The zero-order valence-electron chi connectivity index (χ0n) is 8.18. The van der Waals surface area contributed by atoms with Crippen LogP contribution < -0.4 is 0 Å². The fraction of sp³-hybridized carbons (Fsp3) is 0.833. The fourth-order valence-electron chi connectivity index (χ4n) is 3.14. The van der Waals surface area contributed by atoms with Crippen molar-refractivity contribution in [3.05, 3.63) is 12.2 Å². The van der Waals surface area contributed by atoms with E-state index in [-0.39, 0.29) is 0 Å². The monoisotopic (exact) mass is 164 g/mol. The van der Waals surface area contributed by atoms with E-state index in [0.717, 1.165) is 17.8 Å². The summed E-state index contributed by atoms with van der Waals surface area (Å²) in [5.41, 5.74) is 1.56. The van der Waals surface area contributed by atoms with Crippen LogP contribution in [0.25, 0.3) is 0 Å². The molecule has 0 amide bonds. The maximum absolute atomic E-state index is 4.19. The van der Waals surface area contributed by atoms with Crippen molar-refractivity contribution in [3.8, 4) is 0 Å². The predicted octanol–water partition coefficient (Wildman–Crippen LogP) is 3.78. The SMILES string of the molecule is C=C1CCC2CC(CC)CCC12. The fourth-order valence-corrected chi connectivity index (χ4v) is 3.14. The molecule has 0 aromatic heterocycles. The quantitative estimate of drug-likeness (QED) is 0.517. The Kier molecular flexibility index (Phi) is 2.25. The molecule has 2 rings (SSSR count). The molecule has 0 bridgehead atoms. The molecule has 2 fully saturated rings. The van der Waals surface area contributed by atoms with Gasteiger partial charge in [-0.2, -0.15) is 0 Å². The molecule has 0 N–H and O–H groups in total. The lowest BCUT2D eigenvalue weighted by molar-refractivity contribution is 0.222. The minimum absolute atomic E-state index is 0.924. The molecule has 0 spiro atoms. The molecule has 3 unspecified atom stereocenters. The molecule has 0 aromatic rings. The summed E-state index contributed by atoms with van der Waals surface area (Å²) in [6, 6.07) is 0.